The van der Waals surface area contributed by atoms with Crippen molar-refractivity contribution in [3.05, 3.63) is 35.9 Å². The van der Waals surface area contributed by atoms with E-state index in [2.05, 4.69) is 10.4 Å². The molecule has 0 saturated carbocycles. The number of amides is 1. The van der Waals surface area contributed by atoms with E-state index < -0.39 is 6.09 Å². The van der Waals surface area contributed by atoms with Crippen LogP contribution in [0.2, 0.25) is 0 Å². The summed E-state index contributed by atoms with van der Waals surface area (Å²) in [5.74, 6) is 4.99. The molecule has 0 aliphatic carbocycles. The highest BCUT2D eigenvalue weighted by atomic mass is 16.5. The van der Waals surface area contributed by atoms with Crippen molar-refractivity contribution in [1.29, 1.82) is 0 Å². The molecule has 0 bridgehead atoms. The standard InChI is InChI=1S/C15H21N3O3/c1-12(19)14(18-16)9-5-6-10-17-15(20)21-11-13-7-3-2-4-8-13/h2-4,7-8H,5-6,9-11,16H2,1H3,(H,17,20)/b18-14+. The van der Waals surface area contributed by atoms with Crippen molar-refractivity contribution in [3.8, 4) is 0 Å². The minimum atomic E-state index is -0.446. The molecule has 0 aliphatic heterocycles. The first-order valence-corrected chi connectivity index (χ1v) is 6.85. The summed E-state index contributed by atoms with van der Waals surface area (Å²) in [4.78, 5) is 22.5. The molecular formula is C15H21N3O3. The summed E-state index contributed by atoms with van der Waals surface area (Å²) >= 11 is 0. The Balaban J connectivity index is 2.10. The Kier molecular flexibility index (Phi) is 7.56. The fourth-order valence-electron chi connectivity index (χ4n) is 1.71. The molecule has 1 aromatic rings. The van der Waals surface area contributed by atoms with Crippen molar-refractivity contribution in [1.82, 2.24) is 5.32 Å². The van der Waals surface area contributed by atoms with Gasteiger partial charge in [-0.2, -0.15) is 5.10 Å². The average Bonchev–Trinajstić information content (AvgIpc) is 2.49. The SMILES string of the molecule is CC(=O)/C(CCCCNC(=O)OCc1ccccc1)=N/N. The van der Waals surface area contributed by atoms with Gasteiger partial charge in [-0.1, -0.05) is 30.3 Å². The number of Topliss-reactive ketones (excluding diaryl/α,β-unsaturated/α-hetero) is 1. The Morgan fingerprint density at radius 1 is 1.24 bits per heavy atom. The number of unbranched alkanes of at least 4 members (excludes halogenated alkanes) is 1. The normalized spacial score (nSPS) is 11.0. The van der Waals surface area contributed by atoms with E-state index in [1.54, 1.807) is 0 Å². The van der Waals surface area contributed by atoms with E-state index in [1.807, 2.05) is 30.3 Å². The second-order valence-electron chi connectivity index (χ2n) is 4.58. The fourth-order valence-corrected chi connectivity index (χ4v) is 1.71. The van der Waals surface area contributed by atoms with Crippen LogP contribution in [0.15, 0.2) is 35.4 Å². The van der Waals surface area contributed by atoms with Crippen LogP contribution in [-0.2, 0) is 16.1 Å². The van der Waals surface area contributed by atoms with Crippen LogP contribution in [0.1, 0.15) is 31.7 Å². The van der Waals surface area contributed by atoms with Gasteiger partial charge in [0, 0.05) is 13.5 Å². The molecule has 1 aromatic carbocycles. The van der Waals surface area contributed by atoms with E-state index >= 15 is 0 Å². The number of rotatable bonds is 8. The highest BCUT2D eigenvalue weighted by molar-refractivity contribution is 6.38. The Labute approximate surface area is 124 Å². The molecule has 0 aromatic heterocycles. The van der Waals surface area contributed by atoms with Gasteiger partial charge in [-0.25, -0.2) is 4.79 Å². The molecular weight excluding hydrogens is 270 g/mol. The molecule has 0 radical (unpaired) electrons. The first kappa shape index (κ1) is 16.7. The molecule has 0 unspecified atom stereocenters. The summed E-state index contributed by atoms with van der Waals surface area (Å²) < 4.78 is 5.07. The zero-order valence-corrected chi connectivity index (χ0v) is 12.2. The van der Waals surface area contributed by atoms with Crippen LogP contribution < -0.4 is 11.2 Å². The molecule has 1 rings (SSSR count). The van der Waals surface area contributed by atoms with Crippen molar-refractivity contribution in [2.75, 3.05) is 6.54 Å². The van der Waals surface area contributed by atoms with E-state index in [0.717, 1.165) is 18.4 Å². The van der Waals surface area contributed by atoms with Crippen molar-refractivity contribution >= 4 is 17.6 Å². The zero-order valence-electron chi connectivity index (χ0n) is 12.2. The Morgan fingerprint density at radius 3 is 2.57 bits per heavy atom. The van der Waals surface area contributed by atoms with Crippen LogP contribution in [0.25, 0.3) is 0 Å². The minimum absolute atomic E-state index is 0.118. The fraction of sp³-hybridized carbons (Fsp3) is 0.400. The summed E-state index contributed by atoms with van der Waals surface area (Å²) in [5, 5.41) is 6.10. The number of nitrogens with zero attached hydrogens (tertiary/aromatic N) is 1. The number of ether oxygens (including phenoxy) is 1. The molecule has 0 saturated heterocycles. The largest absolute Gasteiger partial charge is 0.445 e. The summed E-state index contributed by atoms with van der Waals surface area (Å²) in [6.45, 7) is 2.18. The van der Waals surface area contributed by atoms with Gasteiger partial charge in [0.25, 0.3) is 0 Å². The maximum absolute atomic E-state index is 11.4. The van der Waals surface area contributed by atoms with Crippen LogP contribution in [0.3, 0.4) is 0 Å². The molecule has 0 atom stereocenters. The van der Waals surface area contributed by atoms with Gasteiger partial charge >= 0.3 is 6.09 Å². The maximum Gasteiger partial charge on any atom is 0.407 e. The van der Waals surface area contributed by atoms with Gasteiger partial charge in [0.1, 0.15) is 12.3 Å². The van der Waals surface area contributed by atoms with Gasteiger partial charge in [-0.3, -0.25) is 4.79 Å². The number of carbonyl (C=O) groups excluding carboxylic acids is 2. The number of benzene rings is 1. The summed E-state index contributed by atoms with van der Waals surface area (Å²) in [6.07, 6.45) is 1.53. The average molecular weight is 291 g/mol. The number of hydrogen-bond donors (Lipinski definition) is 2. The van der Waals surface area contributed by atoms with E-state index in [-0.39, 0.29) is 12.4 Å². The Hall–Kier alpha value is -2.37. The van der Waals surface area contributed by atoms with Gasteiger partial charge in [-0.15, -0.1) is 0 Å². The van der Waals surface area contributed by atoms with Crippen LogP contribution >= 0.6 is 0 Å². The predicted octanol–water partition coefficient (Wildman–Crippen LogP) is 1.99. The number of carbonyl (C=O) groups is 2. The second kappa shape index (κ2) is 9.52. The van der Waals surface area contributed by atoms with Crippen LogP contribution in [0.5, 0.6) is 0 Å². The van der Waals surface area contributed by atoms with E-state index in [0.29, 0.717) is 18.7 Å². The lowest BCUT2D eigenvalue weighted by molar-refractivity contribution is -0.111. The first-order valence-electron chi connectivity index (χ1n) is 6.85. The molecule has 6 nitrogen and oxygen atoms in total. The highest BCUT2D eigenvalue weighted by Gasteiger charge is 2.05. The second-order valence-corrected chi connectivity index (χ2v) is 4.58. The predicted molar refractivity (Wildman–Crippen MR) is 80.8 cm³/mol. The molecule has 0 aliphatic rings. The molecule has 6 heteroatoms. The van der Waals surface area contributed by atoms with Gasteiger partial charge in [0.2, 0.25) is 0 Å². The van der Waals surface area contributed by atoms with E-state index in [1.165, 1.54) is 6.92 Å². The van der Waals surface area contributed by atoms with Crippen LogP contribution in [-0.4, -0.2) is 24.1 Å². The monoisotopic (exact) mass is 291 g/mol. The molecule has 1 amide bonds. The number of ketones is 1. The number of hydrazone groups is 1. The molecule has 21 heavy (non-hydrogen) atoms. The van der Waals surface area contributed by atoms with E-state index in [4.69, 9.17) is 10.6 Å². The third-order valence-corrected chi connectivity index (χ3v) is 2.88. The van der Waals surface area contributed by atoms with Crippen LogP contribution in [0, 0.1) is 0 Å². The summed E-state index contributed by atoms with van der Waals surface area (Å²) in [5.41, 5.74) is 1.32. The van der Waals surface area contributed by atoms with Gasteiger partial charge in [-0.05, 0) is 24.8 Å². The summed E-state index contributed by atoms with van der Waals surface area (Å²) in [7, 11) is 0. The van der Waals surface area contributed by atoms with Crippen LogP contribution in [0.4, 0.5) is 4.79 Å². The van der Waals surface area contributed by atoms with Crippen molar-refractivity contribution < 1.29 is 14.3 Å². The lowest BCUT2D eigenvalue weighted by Gasteiger charge is -2.07. The number of alkyl carbamates (subject to hydrolysis) is 1. The highest BCUT2D eigenvalue weighted by Crippen LogP contribution is 2.01. The van der Waals surface area contributed by atoms with Gasteiger partial charge in [0.05, 0.1) is 0 Å². The quantitative estimate of drug-likeness (QED) is 0.331. The third-order valence-electron chi connectivity index (χ3n) is 2.88. The maximum atomic E-state index is 11.4. The zero-order chi connectivity index (χ0) is 15.5. The van der Waals surface area contributed by atoms with Crippen molar-refractivity contribution in [2.45, 2.75) is 32.8 Å². The van der Waals surface area contributed by atoms with Crippen molar-refractivity contribution in [2.24, 2.45) is 10.9 Å². The van der Waals surface area contributed by atoms with Gasteiger partial charge in [0.15, 0.2) is 5.78 Å². The van der Waals surface area contributed by atoms with Gasteiger partial charge < -0.3 is 15.9 Å². The minimum Gasteiger partial charge on any atom is -0.445 e. The lowest BCUT2D eigenvalue weighted by atomic mass is 10.1. The topological polar surface area (TPSA) is 93.8 Å². The molecule has 114 valence electrons. The first-order chi connectivity index (χ1) is 10.1. The smallest absolute Gasteiger partial charge is 0.407 e. The summed E-state index contributed by atoms with van der Waals surface area (Å²) in [6, 6.07) is 9.47. The molecule has 3 N–H and O–H groups in total. The Morgan fingerprint density at radius 2 is 1.95 bits per heavy atom. The number of nitrogens with two attached hydrogens (primary N) is 1. The lowest BCUT2D eigenvalue weighted by Crippen LogP contribution is -2.25. The number of nitrogens with one attached hydrogen (secondary N) is 1. The van der Waals surface area contributed by atoms with E-state index in [9.17, 15) is 9.59 Å². The molecule has 0 fully saturated rings. The third kappa shape index (κ3) is 7.10. The number of hydrogen-bond acceptors (Lipinski definition) is 5. The Bertz CT molecular complexity index is 486. The molecule has 0 heterocycles. The molecule has 0 spiro atoms. The van der Waals surface area contributed by atoms with Crippen molar-refractivity contribution in [3.63, 3.8) is 0 Å².